The highest BCUT2D eigenvalue weighted by atomic mass is 35.5. The number of rotatable bonds is 5. The number of carbonyl (C=O) groups excluding carboxylic acids is 1. The molecule has 2 rings (SSSR count). The molecule has 0 amide bonds. The minimum absolute atomic E-state index is 0.0274. The monoisotopic (exact) mass is 329 g/mol. The van der Waals surface area contributed by atoms with Gasteiger partial charge in [-0.3, -0.25) is 9.79 Å². The summed E-state index contributed by atoms with van der Waals surface area (Å²) in [5.41, 5.74) is 6.61. The Bertz CT molecular complexity index is 531. The van der Waals surface area contributed by atoms with E-state index in [4.69, 9.17) is 28.9 Å². The fraction of sp³-hybridized carbons (Fsp3) is 0.429. The van der Waals surface area contributed by atoms with Crippen LogP contribution in [0.3, 0.4) is 0 Å². The Labute approximate surface area is 133 Å². The summed E-state index contributed by atoms with van der Waals surface area (Å²) in [6.45, 7) is 1.25. The van der Waals surface area contributed by atoms with Crippen molar-refractivity contribution in [3.05, 3.63) is 33.8 Å². The number of hydrogen-bond donors (Lipinski definition) is 1. The summed E-state index contributed by atoms with van der Waals surface area (Å²) < 4.78 is 4.61. The zero-order chi connectivity index (χ0) is 15.4. The van der Waals surface area contributed by atoms with Gasteiger partial charge in [0.05, 0.1) is 19.5 Å². The average molecular weight is 330 g/mol. The van der Waals surface area contributed by atoms with Crippen LogP contribution in [0.15, 0.2) is 23.2 Å². The predicted octanol–water partition coefficient (Wildman–Crippen LogP) is 2.10. The lowest BCUT2D eigenvalue weighted by Crippen LogP contribution is -2.36. The standard InChI is InChI=1S/C14H17Cl2N3O2/c1-21-14(20)13(17)5-9-6-19(8-18-9)7-10-11(15)3-2-4-12(10)16/h2-4,8-9,13H,5-7,17H2,1H3/t9?,13-/m0/s1. The zero-order valence-electron chi connectivity index (χ0n) is 11.6. The van der Waals surface area contributed by atoms with E-state index in [-0.39, 0.29) is 6.04 Å². The lowest BCUT2D eigenvalue weighted by Gasteiger charge is -2.19. The smallest absolute Gasteiger partial charge is 0.322 e. The van der Waals surface area contributed by atoms with Crippen molar-refractivity contribution >= 4 is 35.5 Å². The summed E-state index contributed by atoms with van der Waals surface area (Å²) in [6, 6.07) is 4.74. The summed E-state index contributed by atoms with van der Waals surface area (Å²) in [5.74, 6) is -0.419. The second kappa shape index (κ2) is 7.11. The maximum absolute atomic E-state index is 11.3. The van der Waals surface area contributed by atoms with Crippen molar-refractivity contribution in [1.82, 2.24) is 4.90 Å². The Hall–Kier alpha value is -1.30. The molecule has 1 aliphatic rings. The summed E-state index contributed by atoms with van der Waals surface area (Å²) in [4.78, 5) is 17.7. The number of ether oxygens (including phenoxy) is 1. The molecule has 5 nitrogen and oxygen atoms in total. The predicted molar refractivity (Wildman–Crippen MR) is 83.8 cm³/mol. The molecule has 1 unspecified atom stereocenters. The van der Waals surface area contributed by atoms with Crippen molar-refractivity contribution in [3.63, 3.8) is 0 Å². The van der Waals surface area contributed by atoms with Gasteiger partial charge in [0.1, 0.15) is 6.04 Å². The number of hydrogen-bond acceptors (Lipinski definition) is 5. The first kappa shape index (κ1) is 16.1. The molecule has 1 aromatic rings. The lowest BCUT2D eigenvalue weighted by atomic mass is 10.1. The number of esters is 1. The van der Waals surface area contributed by atoms with Gasteiger partial charge >= 0.3 is 5.97 Å². The first-order valence-electron chi connectivity index (χ1n) is 6.55. The number of nitrogens with two attached hydrogens (primary N) is 1. The molecule has 7 heteroatoms. The minimum Gasteiger partial charge on any atom is -0.468 e. The SMILES string of the molecule is COC(=O)[C@@H](N)CC1CN(Cc2c(Cl)cccc2Cl)C=N1. The molecule has 21 heavy (non-hydrogen) atoms. The van der Waals surface area contributed by atoms with E-state index >= 15 is 0 Å². The third-order valence-electron chi connectivity index (χ3n) is 3.34. The number of methoxy groups -OCH3 is 1. The third-order valence-corrected chi connectivity index (χ3v) is 4.05. The van der Waals surface area contributed by atoms with Crippen LogP contribution in [0.4, 0.5) is 0 Å². The Kier molecular flexibility index (Phi) is 5.45. The Morgan fingerprint density at radius 1 is 1.52 bits per heavy atom. The molecule has 0 radical (unpaired) electrons. The van der Waals surface area contributed by atoms with Gasteiger partial charge in [-0.15, -0.1) is 0 Å². The fourth-order valence-corrected chi connectivity index (χ4v) is 2.74. The summed E-state index contributed by atoms with van der Waals surface area (Å²) in [7, 11) is 1.33. The van der Waals surface area contributed by atoms with E-state index in [9.17, 15) is 4.79 Å². The zero-order valence-corrected chi connectivity index (χ0v) is 13.1. The molecule has 0 spiro atoms. The Morgan fingerprint density at radius 2 is 2.19 bits per heavy atom. The van der Waals surface area contributed by atoms with Gasteiger partial charge in [0.2, 0.25) is 0 Å². The molecule has 114 valence electrons. The van der Waals surface area contributed by atoms with Crippen molar-refractivity contribution in [3.8, 4) is 0 Å². The Balaban J connectivity index is 1.92. The second-order valence-electron chi connectivity index (χ2n) is 4.91. The van der Waals surface area contributed by atoms with E-state index in [1.165, 1.54) is 7.11 Å². The third kappa shape index (κ3) is 4.09. The molecule has 0 bridgehead atoms. The van der Waals surface area contributed by atoms with E-state index in [1.807, 2.05) is 11.0 Å². The van der Waals surface area contributed by atoms with Crippen LogP contribution in [-0.2, 0) is 16.1 Å². The van der Waals surface area contributed by atoms with Crippen LogP contribution >= 0.6 is 23.2 Å². The summed E-state index contributed by atoms with van der Waals surface area (Å²) in [5, 5.41) is 1.26. The van der Waals surface area contributed by atoms with Crippen molar-refractivity contribution in [2.24, 2.45) is 10.7 Å². The number of benzene rings is 1. The normalized spacial score (nSPS) is 18.9. The highest BCUT2D eigenvalue weighted by Crippen LogP contribution is 2.26. The molecule has 0 aromatic heterocycles. The van der Waals surface area contributed by atoms with E-state index in [0.717, 1.165) is 5.56 Å². The molecule has 0 aliphatic carbocycles. The summed E-state index contributed by atoms with van der Waals surface area (Å²) in [6.07, 6.45) is 2.20. The molecule has 0 saturated carbocycles. The maximum Gasteiger partial charge on any atom is 0.322 e. The highest BCUT2D eigenvalue weighted by molar-refractivity contribution is 6.36. The molecule has 0 fully saturated rings. The van der Waals surface area contributed by atoms with Gasteiger partial charge in [0, 0.05) is 28.7 Å². The molecule has 2 atom stereocenters. The van der Waals surface area contributed by atoms with E-state index < -0.39 is 12.0 Å². The minimum atomic E-state index is -0.652. The molecular weight excluding hydrogens is 313 g/mol. The number of aliphatic imine (C=N–C) groups is 1. The van der Waals surface area contributed by atoms with E-state index in [2.05, 4.69) is 9.73 Å². The van der Waals surface area contributed by atoms with Crippen LogP contribution in [0.2, 0.25) is 10.0 Å². The van der Waals surface area contributed by atoms with Gasteiger partial charge in [0.15, 0.2) is 0 Å². The lowest BCUT2D eigenvalue weighted by molar-refractivity contribution is -0.142. The van der Waals surface area contributed by atoms with Gasteiger partial charge in [-0.1, -0.05) is 29.3 Å². The largest absolute Gasteiger partial charge is 0.468 e. The van der Waals surface area contributed by atoms with Crippen molar-refractivity contribution < 1.29 is 9.53 Å². The van der Waals surface area contributed by atoms with Gasteiger partial charge in [-0.2, -0.15) is 0 Å². The summed E-state index contributed by atoms with van der Waals surface area (Å²) >= 11 is 12.3. The van der Waals surface area contributed by atoms with Gasteiger partial charge in [-0.25, -0.2) is 0 Å². The van der Waals surface area contributed by atoms with Crippen LogP contribution < -0.4 is 5.73 Å². The van der Waals surface area contributed by atoms with Gasteiger partial charge in [-0.05, 0) is 18.6 Å². The molecule has 2 N–H and O–H groups in total. The fourth-order valence-electron chi connectivity index (χ4n) is 2.22. The first-order valence-corrected chi connectivity index (χ1v) is 7.30. The molecule has 1 aromatic carbocycles. The first-order chi connectivity index (χ1) is 10.0. The number of nitrogens with zero attached hydrogens (tertiary/aromatic N) is 2. The number of carbonyl (C=O) groups is 1. The molecule has 0 saturated heterocycles. The Morgan fingerprint density at radius 3 is 2.81 bits per heavy atom. The van der Waals surface area contributed by atoms with E-state index in [0.29, 0.717) is 29.6 Å². The van der Waals surface area contributed by atoms with Crippen molar-refractivity contribution in [2.75, 3.05) is 13.7 Å². The average Bonchev–Trinajstić information content (AvgIpc) is 2.89. The van der Waals surface area contributed by atoms with Crippen molar-refractivity contribution in [2.45, 2.75) is 25.0 Å². The molecule has 1 aliphatic heterocycles. The quantitative estimate of drug-likeness (QED) is 0.840. The molecular formula is C14H17Cl2N3O2. The van der Waals surface area contributed by atoms with Crippen molar-refractivity contribution in [1.29, 1.82) is 0 Å². The maximum atomic E-state index is 11.3. The number of halogens is 2. The van der Waals surface area contributed by atoms with E-state index in [1.54, 1.807) is 18.5 Å². The van der Waals surface area contributed by atoms with Crippen LogP contribution in [0.1, 0.15) is 12.0 Å². The van der Waals surface area contributed by atoms with Gasteiger partial charge < -0.3 is 15.4 Å². The topological polar surface area (TPSA) is 67.9 Å². The van der Waals surface area contributed by atoms with Crippen LogP contribution in [-0.4, -0.2) is 42.9 Å². The second-order valence-corrected chi connectivity index (χ2v) is 5.73. The van der Waals surface area contributed by atoms with Crippen LogP contribution in [0, 0.1) is 0 Å². The molecule has 1 heterocycles. The highest BCUT2D eigenvalue weighted by Gasteiger charge is 2.24. The van der Waals surface area contributed by atoms with Crippen LogP contribution in [0.5, 0.6) is 0 Å². The van der Waals surface area contributed by atoms with Gasteiger partial charge in [0.25, 0.3) is 0 Å². The van der Waals surface area contributed by atoms with Crippen LogP contribution in [0.25, 0.3) is 0 Å².